The highest BCUT2D eigenvalue weighted by Gasteiger charge is 2.05. The fourth-order valence-electron chi connectivity index (χ4n) is 2.36. The van der Waals surface area contributed by atoms with Gasteiger partial charge in [0, 0.05) is 9.58 Å². The molecule has 2 aromatic carbocycles. The minimum absolute atomic E-state index is 0.198. The highest BCUT2D eigenvalue weighted by atomic mass is 32.1. The molecule has 0 fully saturated rings. The van der Waals surface area contributed by atoms with Gasteiger partial charge in [0.25, 0.3) is 0 Å². The van der Waals surface area contributed by atoms with Crippen molar-refractivity contribution in [2.75, 3.05) is 0 Å². The number of fused-ring (bicyclic) bond motifs is 1. The van der Waals surface area contributed by atoms with Crippen LogP contribution < -0.4 is 22.3 Å². The van der Waals surface area contributed by atoms with E-state index < -0.39 is 0 Å². The van der Waals surface area contributed by atoms with Crippen LogP contribution in [0, 0.1) is 10.8 Å². The quantitative estimate of drug-likeness (QED) is 0.229. The molecular formula is C18H18N8S. The molecule has 0 aliphatic heterocycles. The molecule has 0 spiro atoms. The summed E-state index contributed by atoms with van der Waals surface area (Å²) < 4.78 is 1.15. The Kier molecular flexibility index (Phi) is 5.43. The molecule has 0 aliphatic rings. The standard InChI is InChI=1S/C18H18N8S/c19-17(20)25-23-9-11-1-4-13(5-2-11)16-8-14-6-3-12(7-15(14)27-16)10-24-26-18(21)22/h1-10H,(H4,19,20,25)(H4,21,22,26)/b23-9+,24-10+. The summed E-state index contributed by atoms with van der Waals surface area (Å²) in [6, 6.07) is 16.2. The van der Waals surface area contributed by atoms with Crippen LogP contribution in [0.3, 0.4) is 0 Å². The molecule has 3 aromatic rings. The first-order valence-corrected chi connectivity index (χ1v) is 8.73. The van der Waals surface area contributed by atoms with E-state index in [1.165, 1.54) is 0 Å². The molecular weight excluding hydrogens is 360 g/mol. The smallest absolute Gasteiger partial charge is 0.206 e. The van der Waals surface area contributed by atoms with Gasteiger partial charge in [-0.1, -0.05) is 36.4 Å². The van der Waals surface area contributed by atoms with Crippen molar-refractivity contribution < 1.29 is 0 Å². The highest BCUT2D eigenvalue weighted by molar-refractivity contribution is 7.22. The molecule has 3 rings (SSSR count). The van der Waals surface area contributed by atoms with E-state index in [4.69, 9.17) is 22.3 Å². The number of hydrogen-bond donors (Lipinski definition) is 6. The van der Waals surface area contributed by atoms with E-state index in [0.717, 1.165) is 31.7 Å². The van der Waals surface area contributed by atoms with Gasteiger partial charge in [-0.2, -0.15) is 10.2 Å². The third-order valence-electron chi connectivity index (χ3n) is 3.54. The Bertz CT molecular complexity index is 1030. The summed E-state index contributed by atoms with van der Waals surface area (Å²) in [5.41, 5.74) is 18.1. The topological polar surface area (TPSA) is 149 Å². The molecule has 0 aliphatic carbocycles. The number of nitrogens with zero attached hydrogens (tertiary/aromatic N) is 2. The first-order valence-electron chi connectivity index (χ1n) is 7.91. The fraction of sp³-hybridized carbons (Fsp3) is 0. The molecule has 0 bridgehead atoms. The average molecular weight is 378 g/mol. The zero-order valence-electron chi connectivity index (χ0n) is 14.2. The zero-order valence-corrected chi connectivity index (χ0v) is 15.0. The normalized spacial score (nSPS) is 11.3. The lowest BCUT2D eigenvalue weighted by Gasteiger charge is -1.98. The van der Waals surface area contributed by atoms with Gasteiger partial charge in [0.15, 0.2) is 0 Å². The van der Waals surface area contributed by atoms with Crippen molar-refractivity contribution in [2.45, 2.75) is 0 Å². The van der Waals surface area contributed by atoms with Gasteiger partial charge < -0.3 is 11.5 Å². The maximum atomic E-state index is 7.09. The van der Waals surface area contributed by atoms with E-state index in [0.29, 0.717) is 0 Å². The van der Waals surface area contributed by atoms with Crippen molar-refractivity contribution >= 4 is 45.8 Å². The van der Waals surface area contributed by atoms with Crippen LogP contribution in [0.5, 0.6) is 0 Å². The SMILES string of the molecule is N=C(N)N/N=C/c1ccc(-c2cc3ccc(/C=N/NC(=N)N)cc3s2)cc1. The Balaban J connectivity index is 1.78. The maximum Gasteiger partial charge on any atom is 0.206 e. The Labute approximate surface area is 159 Å². The first kappa shape index (κ1) is 18.1. The predicted molar refractivity (Wildman–Crippen MR) is 113 cm³/mol. The molecule has 8 nitrogen and oxygen atoms in total. The van der Waals surface area contributed by atoms with Crippen LogP contribution in [-0.2, 0) is 0 Å². The lowest BCUT2D eigenvalue weighted by atomic mass is 10.1. The number of nitrogens with two attached hydrogens (primary N) is 2. The Morgan fingerprint density at radius 2 is 1.44 bits per heavy atom. The predicted octanol–water partition coefficient (Wildman–Crippen LogP) is 2.20. The Morgan fingerprint density at radius 1 is 0.852 bits per heavy atom. The monoisotopic (exact) mass is 378 g/mol. The number of rotatable bonds is 5. The van der Waals surface area contributed by atoms with E-state index in [2.05, 4.69) is 27.1 Å². The number of hydrogen-bond acceptors (Lipinski definition) is 5. The first-order chi connectivity index (χ1) is 13.0. The van der Waals surface area contributed by atoms with Gasteiger partial charge in [0.2, 0.25) is 11.9 Å². The van der Waals surface area contributed by atoms with Gasteiger partial charge in [-0.05, 0) is 34.2 Å². The highest BCUT2D eigenvalue weighted by Crippen LogP contribution is 2.33. The van der Waals surface area contributed by atoms with Crippen molar-refractivity contribution in [1.82, 2.24) is 10.9 Å². The molecule has 0 atom stereocenters. The van der Waals surface area contributed by atoms with Gasteiger partial charge in [-0.25, -0.2) is 10.9 Å². The van der Waals surface area contributed by atoms with Gasteiger partial charge in [0.1, 0.15) is 0 Å². The van der Waals surface area contributed by atoms with Gasteiger partial charge >= 0.3 is 0 Å². The average Bonchev–Trinajstić information content (AvgIpc) is 3.05. The summed E-state index contributed by atoms with van der Waals surface area (Å²) in [4.78, 5) is 1.16. The van der Waals surface area contributed by atoms with Gasteiger partial charge in [-0.3, -0.25) is 10.8 Å². The lowest BCUT2D eigenvalue weighted by molar-refractivity contribution is 1.00. The molecule has 27 heavy (non-hydrogen) atoms. The van der Waals surface area contributed by atoms with Crippen LogP contribution in [0.25, 0.3) is 20.5 Å². The molecule has 0 amide bonds. The van der Waals surface area contributed by atoms with E-state index in [-0.39, 0.29) is 11.9 Å². The van der Waals surface area contributed by atoms with Crippen LogP contribution in [0.1, 0.15) is 11.1 Å². The summed E-state index contributed by atoms with van der Waals surface area (Å²) >= 11 is 1.69. The minimum atomic E-state index is -0.199. The third kappa shape index (κ3) is 4.89. The number of hydrazone groups is 2. The van der Waals surface area contributed by atoms with Crippen LogP contribution in [0.2, 0.25) is 0 Å². The second-order valence-corrected chi connectivity index (χ2v) is 6.68. The van der Waals surface area contributed by atoms with Crippen molar-refractivity contribution in [3.05, 3.63) is 59.7 Å². The third-order valence-corrected chi connectivity index (χ3v) is 4.68. The second kappa shape index (κ2) is 8.11. The minimum Gasteiger partial charge on any atom is -0.369 e. The Morgan fingerprint density at radius 3 is 2.07 bits per heavy atom. The Hall–Kier alpha value is -3.72. The van der Waals surface area contributed by atoms with Crippen LogP contribution >= 0.6 is 11.3 Å². The molecule has 0 saturated heterocycles. The zero-order chi connectivity index (χ0) is 19.2. The molecule has 1 heterocycles. The van der Waals surface area contributed by atoms with Crippen molar-refractivity contribution in [1.29, 1.82) is 10.8 Å². The van der Waals surface area contributed by atoms with Crippen molar-refractivity contribution in [3.63, 3.8) is 0 Å². The van der Waals surface area contributed by atoms with Crippen molar-refractivity contribution in [2.24, 2.45) is 21.7 Å². The molecule has 0 saturated carbocycles. The number of guanidine groups is 2. The maximum absolute atomic E-state index is 7.09. The van der Waals surface area contributed by atoms with Gasteiger partial charge in [-0.15, -0.1) is 11.3 Å². The van der Waals surface area contributed by atoms with E-state index in [9.17, 15) is 0 Å². The van der Waals surface area contributed by atoms with E-state index >= 15 is 0 Å². The lowest BCUT2D eigenvalue weighted by Crippen LogP contribution is -2.25. The van der Waals surface area contributed by atoms with Crippen LogP contribution in [0.4, 0.5) is 0 Å². The molecule has 0 unspecified atom stereocenters. The number of nitrogens with one attached hydrogen (secondary N) is 4. The number of thiophene rings is 1. The molecule has 136 valence electrons. The fourth-order valence-corrected chi connectivity index (χ4v) is 3.47. The van der Waals surface area contributed by atoms with E-state index in [1.807, 2.05) is 42.5 Å². The van der Waals surface area contributed by atoms with Gasteiger partial charge in [0.05, 0.1) is 12.4 Å². The van der Waals surface area contributed by atoms with E-state index in [1.54, 1.807) is 23.8 Å². The summed E-state index contributed by atoms with van der Waals surface area (Å²) in [5, 5.41) is 23.1. The summed E-state index contributed by atoms with van der Waals surface area (Å²) in [7, 11) is 0. The van der Waals surface area contributed by atoms with Crippen LogP contribution in [-0.4, -0.2) is 24.3 Å². The molecule has 1 aromatic heterocycles. The van der Waals surface area contributed by atoms with Crippen LogP contribution in [0.15, 0.2) is 58.7 Å². The van der Waals surface area contributed by atoms with Crippen molar-refractivity contribution in [3.8, 4) is 10.4 Å². The second-order valence-electron chi connectivity index (χ2n) is 5.60. The molecule has 8 N–H and O–H groups in total. The molecule has 0 radical (unpaired) electrons. The number of benzene rings is 2. The summed E-state index contributed by atoms with van der Waals surface area (Å²) in [6.45, 7) is 0. The summed E-state index contributed by atoms with van der Waals surface area (Å²) in [6.07, 6.45) is 3.24. The molecule has 9 heteroatoms. The largest absolute Gasteiger partial charge is 0.369 e. The summed E-state index contributed by atoms with van der Waals surface area (Å²) in [5.74, 6) is -0.397.